The number of nitriles is 1. The fourth-order valence-electron chi connectivity index (χ4n) is 2.18. The molecule has 5 nitrogen and oxygen atoms in total. The van der Waals surface area contributed by atoms with Gasteiger partial charge < -0.3 is 9.47 Å². The molecule has 0 amide bonds. The van der Waals surface area contributed by atoms with Crippen molar-refractivity contribution in [2.45, 2.75) is 6.61 Å². The van der Waals surface area contributed by atoms with Gasteiger partial charge in [-0.3, -0.25) is 0 Å². The van der Waals surface area contributed by atoms with Crippen LogP contribution in [-0.2, 0) is 6.61 Å². The van der Waals surface area contributed by atoms with Crippen LogP contribution >= 0.6 is 0 Å². The quantitative estimate of drug-likeness (QED) is 0.725. The summed E-state index contributed by atoms with van der Waals surface area (Å²) in [6.07, 6.45) is 3.64. The maximum absolute atomic E-state index is 8.91. The van der Waals surface area contributed by atoms with E-state index in [1.165, 1.54) is 0 Å². The standard InChI is InChI=1S/C18H15N3O2/c1-22-18-11-15(12-19)5-8-17(18)23-13-14-3-6-16(7-4-14)21-10-2-9-20-21/h2-11H,13H2,1H3. The van der Waals surface area contributed by atoms with Crippen molar-refractivity contribution in [3.8, 4) is 23.3 Å². The Hall–Kier alpha value is -3.26. The number of hydrogen-bond donors (Lipinski definition) is 0. The SMILES string of the molecule is COc1cc(C#N)ccc1OCc1ccc(-n2cccn2)cc1. The lowest BCUT2D eigenvalue weighted by Crippen LogP contribution is -1.99. The monoisotopic (exact) mass is 305 g/mol. The van der Waals surface area contributed by atoms with E-state index < -0.39 is 0 Å². The molecule has 2 aromatic carbocycles. The smallest absolute Gasteiger partial charge is 0.162 e. The molecule has 3 aromatic rings. The number of nitrogens with zero attached hydrogens (tertiary/aromatic N) is 3. The number of aromatic nitrogens is 2. The summed E-state index contributed by atoms with van der Waals surface area (Å²) in [5, 5.41) is 13.1. The van der Waals surface area contributed by atoms with Crippen LogP contribution in [0.2, 0.25) is 0 Å². The number of methoxy groups -OCH3 is 1. The third kappa shape index (κ3) is 3.33. The lowest BCUT2D eigenvalue weighted by Gasteiger charge is -2.11. The molecule has 114 valence electrons. The second-order valence-corrected chi connectivity index (χ2v) is 4.88. The van der Waals surface area contributed by atoms with Crippen molar-refractivity contribution in [2.75, 3.05) is 7.11 Å². The topological polar surface area (TPSA) is 60.1 Å². The average Bonchev–Trinajstić information content (AvgIpc) is 3.15. The molecule has 0 atom stereocenters. The molecule has 3 rings (SSSR count). The molecule has 0 spiro atoms. The van der Waals surface area contributed by atoms with E-state index in [4.69, 9.17) is 14.7 Å². The first-order chi connectivity index (χ1) is 11.3. The highest BCUT2D eigenvalue weighted by Gasteiger charge is 2.06. The van der Waals surface area contributed by atoms with E-state index in [1.807, 2.05) is 36.5 Å². The second kappa shape index (κ2) is 6.67. The third-order valence-electron chi connectivity index (χ3n) is 3.39. The summed E-state index contributed by atoms with van der Waals surface area (Å²) in [4.78, 5) is 0. The van der Waals surface area contributed by atoms with E-state index in [-0.39, 0.29) is 0 Å². The summed E-state index contributed by atoms with van der Waals surface area (Å²) in [6.45, 7) is 0.418. The molecule has 0 fully saturated rings. The number of hydrogen-bond acceptors (Lipinski definition) is 4. The fraction of sp³-hybridized carbons (Fsp3) is 0.111. The molecule has 0 aliphatic heterocycles. The summed E-state index contributed by atoms with van der Waals surface area (Å²) >= 11 is 0. The largest absolute Gasteiger partial charge is 0.493 e. The molecule has 0 bridgehead atoms. The van der Waals surface area contributed by atoms with Crippen LogP contribution in [0.4, 0.5) is 0 Å². The van der Waals surface area contributed by atoms with Crippen LogP contribution in [0.5, 0.6) is 11.5 Å². The first-order valence-electron chi connectivity index (χ1n) is 7.10. The van der Waals surface area contributed by atoms with Gasteiger partial charge in [-0.15, -0.1) is 0 Å². The highest BCUT2D eigenvalue weighted by Crippen LogP contribution is 2.28. The molecule has 0 saturated carbocycles. The van der Waals surface area contributed by atoms with Gasteiger partial charge in [0.1, 0.15) is 6.61 Å². The van der Waals surface area contributed by atoms with Crippen LogP contribution in [0.1, 0.15) is 11.1 Å². The zero-order valence-corrected chi connectivity index (χ0v) is 12.6. The van der Waals surface area contributed by atoms with Crippen molar-refractivity contribution < 1.29 is 9.47 Å². The normalized spacial score (nSPS) is 10.1. The van der Waals surface area contributed by atoms with E-state index in [0.717, 1.165) is 11.3 Å². The van der Waals surface area contributed by atoms with Crippen LogP contribution in [0.3, 0.4) is 0 Å². The highest BCUT2D eigenvalue weighted by molar-refractivity contribution is 5.46. The van der Waals surface area contributed by atoms with E-state index >= 15 is 0 Å². The van der Waals surface area contributed by atoms with Gasteiger partial charge in [0.2, 0.25) is 0 Å². The van der Waals surface area contributed by atoms with E-state index in [0.29, 0.717) is 23.7 Å². The minimum atomic E-state index is 0.418. The molecule has 0 unspecified atom stereocenters. The Kier molecular flexibility index (Phi) is 4.25. The molecular weight excluding hydrogens is 290 g/mol. The minimum absolute atomic E-state index is 0.418. The predicted octanol–water partition coefficient (Wildman–Crippen LogP) is 3.33. The zero-order valence-electron chi connectivity index (χ0n) is 12.6. The molecule has 1 aromatic heterocycles. The Bertz CT molecular complexity index is 818. The minimum Gasteiger partial charge on any atom is -0.493 e. The summed E-state index contributed by atoms with van der Waals surface area (Å²) in [6, 6.07) is 17.0. The van der Waals surface area contributed by atoms with Crippen LogP contribution in [0.15, 0.2) is 60.9 Å². The van der Waals surface area contributed by atoms with Crippen LogP contribution < -0.4 is 9.47 Å². The fourth-order valence-corrected chi connectivity index (χ4v) is 2.18. The van der Waals surface area contributed by atoms with Crippen molar-refractivity contribution >= 4 is 0 Å². The molecule has 0 radical (unpaired) electrons. The van der Waals surface area contributed by atoms with Crippen LogP contribution in [-0.4, -0.2) is 16.9 Å². The van der Waals surface area contributed by atoms with Gasteiger partial charge in [-0.1, -0.05) is 12.1 Å². The Morgan fingerprint density at radius 1 is 1.13 bits per heavy atom. The molecule has 0 saturated heterocycles. The maximum atomic E-state index is 8.91. The van der Waals surface area contributed by atoms with Crippen molar-refractivity contribution in [3.63, 3.8) is 0 Å². The first-order valence-corrected chi connectivity index (χ1v) is 7.10. The molecule has 0 aliphatic rings. The molecule has 1 heterocycles. The first kappa shape index (κ1) is 14.7. The Labute approximate surface area is 134 Å². The molecule has 0 N–H and O–H groups in total. The highest BCUT2D eigenvalue weighted by atomic mass is 16.5. The Balaban J connectivity index is 1.70. The van der Waals surface area contributed by atoms with E-state index in [2.05, 4.69) is 11.2 Å². The number of ether oxygens (including phenoxy) is 2. The summed E-state index contributed by atoms with van der Waals surface area (Å²) in [5.74, 6) is 1.17. The van der Waals surface area contributed by atoms with Gasteiger partial charge in [0.05, 0.1) is 24.4 Å². The molecule has 0 aliphatic carbocycles. The second-order valence-electron chi connectivity index (χ2n) is 4.88. The summed E-state index contributed by atoms with van der Waals surface area (Å²) < 4.78 is 12.8. The number of benzene rings is 2. The van der Waals surface area contributed by atoms with Gasteiger partial charge in [0, 0.05) is 18.5 Å². The van der Waals surface area contributed by atoms with E-state index in [9.17, 15) is 0 Å². The third-order valence-corrected chi connectivity index (χ3v) is 3.39. The lowest BCUT2D eigenvalue weighted by atomic mass is 10.2. The van der Waals surface area contributed by atoms with Crippen molar-refractivity contribution in [2.24, 2.45) is 0 Å². The van der Waals surface area contributed by atoms with Crippen molar-refractivity contribution in [3.05, 3.63) is 72.1 Å². The van der Waals surface area contributed by atoms with Crippen LogP contribution in [0, 0.1) is 11.3 Å². The Morgan fingerprint density at radius 2 is 1.96 bits per heavy atom. The van der Waals surface area contributed by atoms with Gasteiger partial charge in [-0.05, 0) is 35.9 Å². The van der Waals surface area contributed by atoms with Gasteiger partial charge in [0.25, 0.3) is 0 Å². The van der Waals surface area contributed by atoms with Gasteiger partial charge >= 0.3 is 0 Å². The van der Waals surface area contributed by atoms with Gasteiger partial charge in [-0.25, -0.2) is 4.68 Å². The Morgan fingerprint density at radius 3 is 2.61 bits per heavy atom. The zero-order chi connectivity index (χ0) is 16.1. The molecule has 23 heavy (non-hydrogen) atoms. The van der Waals surface area contributed by atoms with Crippen LogP contribution in [0.25, 0.3) is 5.69 Å². The molecular formula is C18H15N3O2. The van der Waals surface area contributed by atoms with Gasteiger partial charge in [-0.2, -0.15) is 10.4 Å². The van der Waals surface area contributed by atoms with E-state index in [1.54, 1.807) is 36.2 Å². The average molecular weight is 305 g/mol. The molecule has 5 heteroatoms. The predicted molar refractivity (Wildman–Crippen MR) is 85.6 cm³/mol. The summed E-state index contributed by atoms with van der Waals surface area (Å²) in [7, 11) is 1.56. The number of rotatable bonds is 5. The van der Waals surface area contributed by atoms with Crippen molar-refractivity contribution in [1.29, 1.82) is 5.26 Å². The summed E-state index contributed by atoms with van der Waals surface area (Å²) in [5.41, 5.74) is 2.57. The maximum Gasteiger partial charge on any atom is 0.162 e. The van der Waals surface area contributed by atoms with Crippen molar-refractivity contribution in [1.82, 2.24) is 9.78 Å². The lowest BCUT2D eigenvalue weighted by molar-refractivity contribution is 0.284. The van der Waals surface area contributed by atoms with Gasteiger partial charge in [0.15, 0.2) is 11.5 Å².